The van der Waals surface area contributed by atoms with Crippen molar-refractivity contribution in [2.45, 2.75) is 40.2 Å². The zero-order valence-electron chi connectivity index (χ0n) is 8.60. The van der Waals surface area contributed by atoms with Crippen LogP contribution in [0.2, 0.25) is 0 Å². The maximum absolute atomic E-state index is 10.6. The molecular weight excluding hydrogens is 191 g/mol. The molecule has 0 aromatic carbocycles. The lowest BCUT2D eigenvalue weighted by molar-refractivity contribution is 0.0839. The van der Waals surface area contributed by atoms with Crippen molar-refractivity contribution in [3.05, 3.63) is 0 Å². The van der Waals surface area contributed by atoms with E-state index in [1.807, 2.05) is 27.7 Å². The highest BCUT2D eigenvalue weighted by Gasteiger charge is 2.25. The second kappa shape index (κ2) is 5.11. The van der Waals surface area contributed by atoms with E-state index in [0.717, 1.165) is 0 Å². The molecule has 0 amide bonds. The van der Waals surface area contributed by atoms with Crippen LogP contribution in [0.1, 0.15) is 34.1 Å². The molecule has 80 valence electrons. The van der Waals surface area contributed by atoms with Gasteiger partial charge in [0.15, 0.2) is 0 Å². The molecule has 0 aromatic rings. The minimum atomic E-state index is -4.33. The van der Waals surface area contributed by atoms with Crippen LogP contribution in [0.5, 0.6) is 0 Å². The highest BCUT2D eigenvalue weighted by molar-refractivity contribution is 7.46. The van der Waals surface area contributed by atoms with E-state index in [4.69, 9.17) is 9.79 Å². The standard InChI is InChI=1S/C8H19O4P/c1-6(2)5-8(7(3)4)12-13(9,10)11/h6-8H,5H2,1-4H3,(H2,9,10,11). The summed E-state index contributed by atoms with van der Waals surface area (Å²) in [5.74, 6) is 0.494. The molecule has 13 heavy (non-hydrogen) atoms. The van der Waals surface area contributed by atoms with Crippen LogP contribution in [0.25, 0.3) is 0 Å². The molecule has 0 fully saturated rings. The summed E-state index contributed by atoms with van der Waals surface area (Å²) in [6.07, 6.45) is 0.309. The van der Waals surface area contributed by atoms with Gasteiger partial charge in [-0.3, -0.25) is 4.52 Å². The third-order valence-electron chi connectivity index (χ3n) is 1.72. The summed E-state index contributed by atoms with van der Waals surface area (Å²) in [5.41, 5.74) is 0. The predicted molar refractivity (Wildman–Crippen MR) is 51.2 cm³/mol. The Balaban J connectivity index is 4.19. The van der Waals surface area contributed by atoms with Crippen molar-refractivity contribution in [2.24, 2.45) is 11.8 Å². The fourth-order valence-corrected chi connectivity index (χ4v) is 1.76. The van der Waals surface area contributed by atoms with E-state index in [0.29, 0.717) is 12.3 Å². The maximum Gasteiger partial charge on any atom is 0.469 e. The number of hydrogen-bond acceptors (Lipinski definition) is 2. The minimum absolute atomic E-state index is 0.120. The number of hydrogen-bond donors (Lipinski definition) is 2. The Morgan fingerprint density at radius 3 is 1.92 bits per heavy atom. The van der Waals surface area contributed by atoms with Gasteiger partial charge in [-0.2, -0.15) is 0 Å². The predicted octanol–water partition coefficient (Wildman–Crippen LogP) is 2.17. The van der Waals surface area contributed by atoms with E-state index in [1.54, 1.807) is 0 Å². The molecule has 0 aliphatic rings. The second-order valence-corrected chi connectivity index (χ2v) is 5.20. The van der Waals surface area contributed by atoms with Gasteiger partial charge in [0.05, 0.1) is 6.10 Å². The van der Waals surface area contributed by atoms with Crippen molar-refractivity contribution in [1.82, 2.24) is 0 Å². The molecule has 0 spiro atoms. The molecule has 2 N–H and O–H groups in total. The van der Waals surface area contributed by atoms with Gasteiger partial charge in [0.2, 0.25) is 0 Å². The molecule has 0 aliphatic heterocycles. The van der Waals surface area contributed by atoms with Crippen molar-refractivity contribution < 1.29 is 18.9 Å². The van der Waals surface area contributed by atoms with E-state index in [1.165, 1.54) is 0 Å². The first kappa shape index (κ1) is 13.1. The Bertz CT molecular complexity index is 185. The van der Waals surface area contributed by atoms with Crippen molar-refractivity contribution in [2.75, 3.05) is 0 Å². The zero-order valence-corrected chi connectivity index (χ0v) is 9.49. The normalized spacial score (nSPS) is 15.4. The lowest BCUT2D eigenvalue weighted by atomic mass is 9.98. The van der Waals surface area contributed by atoms with Gasteiger partial charge >= 0.3 is 7.82 Å². The Kier molecular flexibility index (Phi) is 5.15. The molecule has 0 aromatic heterocycles. The smallest absolute Gasteiger partial charge is 0.303 e. The summed E-state index contributed by atoms with van der Waals surface area (Å²) in [5, 5.41) is 0. The van der Waals surface area contributed by atoms with Gasteiger partial charge in [0.1, 0.15) is 0 Å². The summed E-state index contributed by atoms with van der Waals surface area (Å²) in [6, 6.07) is 0. The van der Waals surface area contributed by atoms with Crippen molar-refractivity contribution in [3.63, 3.8) is 0 Å². The molecule has 0 rings (SSSR count). The van der Waals surface area contributed by atoms with E-state index < -0.39 is 7.82 Å². The van der Waals surface area contributed by atoms with Crippen LogP contribution in [0.15, 0.2) is 0 Å². The molecule has 0 saturated carbocycles. The first-order chi connectivity index (χ1) is 5.72. The van der Waals surface area contributed by atoms with E-state index >= 15 is 0 Å². The summed E-state index contributed by atoms with van der Waals surface area (Å²) in [4.78, 5) is 17.3. The van der Waals surface area contributed by atoms with Gasteiger partial charge in [-0.15, -0.1) is 0 Å². The van der Waals surface area contributed by atoms with Gasteiger partial charge < -0.3 is 9.79 Å². The average Bonchev–Trinajstić information content (AvgIpc) is 1.81. The fraction of sp³-hybridized carbons (Fsp3) is 1.00. The Morgan fingerprint density at radius 2 is 1.69 bits per heavy atom. The number of rotatable bonds is 5. The summed E-state index contributed by atoms with van der Waals surface area (Å²) < 4.78 is 15.3. The molecule has 0 saturated heterocycles. The maximum atomic E-state index is 10.6. The molecule has 1 unspecified atom stereocenters. The molecule has 1 atom stereocenters. The molecule has 4 nitrogen and oxygen atoms in total. The van der Waals surface area contributed by atoms with E-state index in [-0.39, 0.29) is 12.0 Å². The molecule has 0 radical (unpaired) electrons. The first-order valence-electron chi connectivity index (χ1n) is 4.46. The number of phosphoric ester groups is 1. The van der Waals surface area contributed by atoms with Gasteiger partial charge in [0, 0.05) is 0 Å². The highest BCUT2D eigenvalue weighted by Crippen LogP contribution is 2.40. The van der Waals surface area contributed by atoms with Crippen LogP contribution in [0.3, 0.4) is 0 Å². The van der Waals surface area contributed by atoms with Crippen molar-refractivity contribution >= 4 is 7.82 Å². The van der Waals surface area contributed by atoms with Crippen LogP contribution in [0.4, 0.5) is 0 Å². The van der Waals surface area contributed by atoms with E-state index in [2.05, 4.69) is 4.52 Å². The largest absolute Gasteiger partial charge is 0.469 e. The molecule has 0 bridgehead atoms. The van der Waals surface area contributed by atoms with Crippen LogP contribution >= 0.6 is 7.82 Å². The molecule has 5 heteroatoms. The van der Waals surface area contributed by atoms with Gasteiger partial charge in [-0.1, -0.05) is 27.7 Å². The topological polar surface area (TPSA) is 66.8 Å². The Labute approximate surface area is 79.5 Å². The van der Waals surface area contributed by atoms with Gasteiger partial charge in [-0.05, 0) is 18.3 Å². The molecule has 0 heterocycles. The lowest BCUT2D eigenvalue weighted by Crippen LogP contribution is -2.20. The summed E-state index contributed by atoms with van der Waals surface area (Å²) in [7, 11) is -4.33. The third-order valence-corrected chi connectivity index (χ3v) is 2.27. The first-order valence-corrected chi connectivity index (χ1v) is 5.99. The van der Waals surface area contributed by atoms with Crippen molar-refractivity contribution in [1.29, 1.82) is 0 Å². The van der Waals surface area contributed by atoms with Crippen LogP contribution in [-0.2, 0) is 9.09 Å². The Hall–Kier alpha value is 0.110. The summed E-state index contributed by atoms with van der Waals surface area (Å²) >= 11 is 0. The van der Waals surface area contributed by atoms with E-state index in [9.17, 15) is 4.57 Å². The minimum Gasteiger partial charge on any atom is -0.303 e. The second-order valence-electron chi connectivity index (χ2n) is 4.01. The molecular formula is C8H19O4P. The lowest BCUT2D eigenvalue weighted by Gasteiger charge is -2.23. The summed E-state index contributed by atoms with van der Waals surface area (Å²) in [6.45, 7) is 7.78. The highest BCUT2D eigenvalue weighted by atomic mass is 31.2. The van der Waals surface area contributed by atoms with Crippen LogP contribution < -0.4 is 0 Å². The third kappa shape index (κ3) is 7.20. The number of phosphoric acid groups is 1. The monoisotopic (exact) mass is 210 g/mol. The van der Waals surface area contributed by atoms with Gasteiger partial charge in [-0.25, -0.2) is 4.57 Å². The quantitative estimate of drug-likeness (QED) is 0.682. The fourth-order valence-electron chi connectivity index (χ4n) is 1.08. The SMILES string of the molecule is CC(C)CC(OP(=O)(O)O)C(C)C. The van der Waals surface area contributed by atoms with Crippen LogP contribution in [0, 0.1) is 11.8 Å². The zero-order chi connectivity index (χ0) is 10.6. The Morgan fingerprint density at radius 1 is 1.23 bits per heavy atom. The van der Waals surface area contributed by atoms with Crippen molar-refractivity contribution in [3.8, 4) is 0 Å². The van der Waals surface area contributed by atoms with Crippen LogP contribution in [-0.4, -0.2) is 15.9 Å². The molecule has 0 aliphatic carbocycles. The van der Waals surface area contributed by atoms with Gasteiger partial charge in [0.25, 0.3) is 0 Å². The average molecular weight is 210 g/mol.